The molecule has 8 heteroatoms. The van der Waals surface area contributed by atoms with Crippen molar-refractivity contribution in [1.29, 1.82) is 0 Å². The van der Waals surface area contributed by atoms with Crippen LogP contribution in [0.2, 0.25) is 0 Å². The van der Waals surface area contributed by atoms with Crippen LogP contribution < -0.4 is 5.32 Å². The molecule has 0 aliphatic heterocycles. The van der Waals surface area contributed by atoms with E-state index in [1.165, 1.54) is 0 Å². The number of rotatable bonds is 6. The number of amides is 1. The number of aromatic nitrogens is 5. The zero-order valence-electron chi connectivity index (χ0n) is 14.2. The van der Waals surface area contributed by atoms with Gasteiger partial charge in [-0.3, -0.25) is 19.9 Å². The summed E-state index contributed by atoms with van der Waals surface area (Å²) >= 11 is 0. The van der Waals surface area contributed by atoms with Crippen LogP contribution in [-0.4, -0.2) is 30.9 Å². The second-order valence-electron chi connectivity index (χ2n) is 6.39. The number of hydrogen-bond donors (Lipinski definition) is 2. The highest BCUT2D eigenvalue weighted by atomic mass is 16.3. The van der Waals surface area contributed by atoms with E-state index in [4.69, 9.17) is 4.42 Å². The summed E-state index contributed by atoms with van der Waals surface area (Å²) in [6.45, 7) is 4.24. The van der Waals surface area contributed by atoms with Gasteiger partial charge in [0.05, 0.1) is 29.3 Å². The summed E-state index contributed by atoms with van der Waals surface area (Å²) in [4.78, 5) is 17.0. The Hall–Kier alpha value is -2.90. The standard InChI is InChI=1S/C17H20N6O2/c1-3-10(2)23-14(11-4-5-11)13(8-18-23)16(24)20-17-19-15(21-22-17)12-6-7-25-9-12/h6-11H,3-5H2,1-2H3,(H2,19,20,21,22,24). The van der Waals surface area contributed by atoms with Gasteiger partial charge in [-0.15, -0.1) is 5.10 Å². The zero-order chi connectivity index (χ0) is 17.4. The maximum Gasteiger partial charge on any atom is 0.261 e. The highest BCUT2D eigenvalue weighted by Crippen LogP contribution is 2.42. The van der Waals surface area contributed by atoms with Crippen LogP contribution in [0.4, 0.5) is 5.95 Å². The normalized spacial score (nSPS) is 15.3. The van der Waals surface area contributed by atoms with Gasteiger partial charge in [0.25, 0.3) is 5.91 Å². The third-order valence-corrected chi connectivity index (χ3v) is 4.56. The van der Waals surface area contributed by atoms with Crippen molar-refractivity contribution in [1.82, 2.24) is 25.0 Å². The summed E-state index contributed by atoms with van der Waals surface area (Å²) < 4.78 is 7.01. The minimum absolute atomic E-state index is 0.228. The van der Waals surface area contributed by atoms with Crippen LogP contribution in [0.25, 0.3) is 11.4 Å². The maximum atomic E-state index is 12.7. The Balaban J connectivity index is 1.56. The fraction of sp³-hybridized carbons (Fsp3) is 0.412. The lowest BCUT2D eigenvalue weighted by Crippen LogP contribution is -2.16. The molecule has 0 aromatic carbocycles. The lowest BCUT2D eigenvalue weighted by Gasteiger charge is -2.14. The highest BCUT2D eigenvalue weighted by molar-refractivity contribution is 6.04. The Morgan fingerprint density at radius 2 is 2.36 bits per heavy atom. The number of anilines is 1. The fourth-order valence-electron chi connectivity index (χ4n) is 2.85. The average molecular weight is 340 g/mol. The van der Waals surface area contributed by atoms with Crippen LogP contribution in [-0.2, 0) is 0 Å². The molecule has 1 amide bonds. The van der Waals surface area contributed by atoms with E-state index < -0.39 is 0 Å². The SMILES string of the molecule is CCC(C)n1ncc(C(=O)Nc2n[nH]c(-c3ccoc3)n2)c1C1CC1. The van der Waals surface area contributed by atoms with Crippen LogP contribution in [0.3, 0.4) is 0 Å². The van der Waals surface area contributed by atoms with Crippen molar-refractivity contribution >= 4 is 11.9 Å². The number of H-pyrrole nitrogens is 1. The third kappa shape index (κ3) is 2.95. The van der Waals surface area contributed by atoms with Crippen LogP contribution >= 0.6 is 0 Å². The molecular weight excluding hydrogens is 320 g/mol. The van der Waals surface area contributed by atoms with Crippen molar-refractivity contribution in [3.8, 4) is 11.4 Å². The predicted octanol–water partition coefficient (Wildman–Crippen LogP) is 3.36. The Morgan fingerprint density at radius 3 is 3.04 bits per heavy atom. The lowest BCUT2D eigenvalue weighted by atomic mass is 10.1. The number of aromatic amines is 1. The molecule has 1 saturated carbocycles. The van der Waals surface area contributed by atoms with E-state index in [0.29, 0.717) is 17.3 Å². The number of carbonyl (C=O) groups is 1. The Morgan fingerprint density at radius 1 is 1.52 bits per heavy atom. The molecule has 4 rings (SSSR count). The van der Waals surface area contributed by atoms with Gasteiger partial charge in [-0.2, -0.15) is 10.1 Å². The molecule has 25 heavy (non-hydrogen) atoms. The first kappa shape index (κ1) is 15.6. The van der Waals surface area contributed by atoms with Gasteiger partial charge in [0.2, 0.25) is 5.95 Å². The monoisotopic (exact) mass is 340 g/mol. The molecule has 0 radical (unpaired) electrons. The minimum atomic E-state index is -0.228. The summed E-state index contributed by atoms with van der Waals surface area (Å²) in [6, 6.07) is 2.04. The molecule has 8 nitrogen and oxygen atoms in total. The summed E-state index contributed by atoms with van der Waals surface area (Å²) in [6.07, 6.45) is 7.95. The molecule has 1 atom stereocenters. The maximum absolute atomic E-state index is 12.7. The summed E-state index contributed by atoms with van der Waals surface area (Å²) in [5.41, 5.74) is 2.41. The van der Waals surface area contributed by atoms with Crippen molar-refractivity contribution in [3.05, 3.63) is 36.0 Å². The second kappa shape index (κ2) is 6.19. The van der Waals surface area contributed by atoms with E-state index in [9.17, 15) is 4.79 Å². The van der Waals surface area contributed by atoms with Crippen molar-refractivity contribution in [3.63, 3.8) is 0 Å². The summed E-state index contributed by atoms with van der Waals surface area (Å²) in [7, 11) is 0. The van der Waals surface area contributed by atoms with Gasteiger partial charge in [0.15, 0.2) is 5.82 Å². The van der Waals surface area contributed by atoms with Gasteiger partial charge in [-0.25, -0.2) is 0 Å². The number of nitrogens with zero attached hydrogens (tertiary/aromatic N) is 4. The predicted molar refractivity (Wildman–Crippen MR) is 91.2 cm³/mol. The largest absolute Gasteiger partial charge is 0.472 e. The van der Waals surface area contributed by atoms with Crippen LogP contribution in [0, 0.1) is 0 Å². The summed E-state index contributed by atoms with van der Waals surface area (Å²) in [5.74, 6) is 0.973. The van der Waals surface area contributed by atoms with E-state index in [1.807, 2.05) is 4.68 Å². The molecule has 3 aromatic rings. The Kier molecular flexibility index (Phi) is 3.87. The first-order valence-electron chi connectivity index (χ1n) is 8.51. The van der Waals surface area contributed by atoms with Crippen LogP contribution in [0.1, 0.15) is 61.1 Å². The molecule has 2 N–H and O–H groups in total. The highest BCUT2D eigenvalue weighted by Gasteiger charge is 2.33. The van der Waals surface area contributed by atoms with Crippen molar-refractivity contribution < 1.29 is 9.21 Å². The zero-order valence-corrected chi connectivity index (χ0v) is 14.2. The molecule has 0 saturated heterocycles. The van der Waals surface area contributed by atoms with Crippen molar-refractivity contribution in [2.45, 2.75) is 45.1 Å². The molecule has 130 valence electrons. The average Bonchev–Trinajstić information content (AvgIpc) is 3.06. The number of nitrogens with one attached hydrogen (secondary N) is 2. The van der Waals surface area contributed by atoms with Crippen LogP contribution in [0.15, 0.2) is 29.2 Å². The first-order chi connectivity index (χ1) is 12.2. The smallest absolute Gasteiger partial charge is 0.261 e. The number of furan rings is 1. The van der Waals surface area contributed by atoms with Gasteiger partial charge in [-0.1, -0.05) is 6.92 Å². The van der Waals surface area contributed by atoms with Gasteiger partial charge in [0.1, 0.15) is 6.26 Å². The fourth-order valence-corrected chi connectivity index (χ4v) is 2.85. The van der Waals surface area contributed by atoms with Gasteiger partial charge >= 0.3 is 0 Å². The molecule has 3 heterocycles. The van der Waals surface area contributed by atoms with Gasteiger partial charge in [-0.05, 0) is 32.3 Å². The van der Waals surface area contributed by atoms with Crippen molar-refractivity contribution in [2.24, 2.45) is 0 Å². The first-order valence-corrected chi connectivity index (χ1v) is 8.51. The third-order valence-electron chi connectivity index (χ3n) is 4.56. The molecule has 0 bridgehead atoms. The molecule has 3 aromatic heterocycles. The topological polar surface area (TPSA) is 102 Å². The molecule has 1 aliphatic carbocycles. The number of hydrogen-bond acceptors (Lipinski definition) is 5. The molecule has 0 spiro atoms. The van der Waals surface area contributed by atoms with E-state index >= 15 is 0 Å². The van der Waals surface area contributed by atoms with Gasteiger partial charge in [0, 0.05) is 12.0 Å². The van der Waals surface area contributed by atoms with Crippen molar-refractivity contribution in [2.75, 3.05) is 5.32 Å². The molecule has 1 fully saturated rings. The molecule has 1 unspecified atom stereocenters. The van der Waals surface area contributed by atoms with E-state index in [-0.39, 0.29) is 17.9 Å². The van der Waals surface area contributed by atoms with E-state index in [2.05, 4.69) is 39.4 Å². The van der Waals surface area contributed by atoms with E-state index in [0.717, 1.165) is 30.5 Å². The Bertz CT molecular complexity index is 875. The quantitative estimate of drug-likeness (QED) is 0.716. The second-order valence-corrected chi connectivity index (χ2v) is 6.39. The minimum Gasteiger partial charge on any atom is -0.472 e. The lowest BCUT2D eigenvalue weighted by molar-refractivity contribution is 0.102. The molecular formula is C17H20N6O2. The number of carbonyl (C=O) groups excluding carboxylic acids is 1. The van der Waals surface area contributed by atoms with E-state index in [1.54, 1.807) is 24.8 Å². The Labute approximate surface area is 144 Å². The summed E-state index contributed by atoms with van der Waals surface area (Å²) in [5, 5.41) is 14.0. The van der Waals surface area contributed by atoms with Gasteiger partial charge < -0.3 is 4.42 Å². The molecule has 1 aliphatic rings. The van der Waals surface area contributed by atoms with Crippen LogP contribution in [0.5, 0.6) is 0 Å².